The Kier molecular flexibility index (Phi) is 5.49. The molecule has 0 fully saturated rings. The van der Waals surface area contributed by atoms with Crippen LogP contribution in [0.4, 0.5) is 0 Å². The average molecular weight is 218 g/mol. The number of nitrogens with one attached hydrogen (secondary N) is 1. The number of nitrogens with two attached hydrogens (primary N) is 1. The fourth-order valence-electron chi connectivity index (χ4n) is 0.945. The molecule has 0 aromatic carbocycles. The van der Waals surface area contributed by atoms with E-state index in [0.717, 1.165) is 0 Å². The molecular weight excluding hydrogens is 206 g/mol. The second kappa shape index (κ2) is 6.11. The Bertz CT molecular complexity index is 272. The predicted molar refractivity (Wildman–Crippen MR) is 55.0 cm³/mol. The van der Waals surface area contributed by atoms with Crippen molar-refractivity contribution >= 4 is 24.3 Å². The van der Waals surface area contributed by atoms with Crippen LogP contribution in [-0.4, -0.2) is 31.6 Å². The molecule has 0 aliphatic carbocycles. The second-order valence-corrected chi connectivity index (χ2v) is 2.62. The summed E-state index contributed by atoms with van der Waals surface area (Å²) in [6.07, 6.45) is 4.94. The summed E-state index contributed by atoms with van der Waals surface area (Å²) >= 11 is 0. The van der Waals surface area contributed by atoms with E-state index in [9.17, 15) is 4.79 Å². The largest absolute Gasteiger partial charge is 0.452 e. The molecule has 6 heteroatoms. The first-order valence-corrected chi connectivity index (χ1v) is 3.88. The molecule has 14 heavy (non-hydrogen) atoms. The lowest BCUT2D eigenvalue weighted by Gasteiger charge is -2.18. The molecule has 3 N–H and O–H groups in total. The molecule has 78 valence electrons. The Morgan fingerprint density at radius 1 is 1.86 bits per heavy atom. The van der Waals surface area contributed by atoms with E-state index in [1.54, 1.807) is 0 Å². The zero-order valence-electron chi connectivity index (χ0n) is 7.53. The van der Waals surface area contributed by atoms with Gasteiger partial charge in [-0.2, -0.15) is 0 Å². The van der Waals surface area contributed by atoms with Gasteiger partial charge in [-0.05, 0) is 0 Å². The molecule has 0 bridgehead atoms. The molecule has 1 rings (SSSR count). The SMILES string of the molecule is C#CCOC(=O)C1CN=C(N)NC1.Cl. The van der Waals surface area contributed by atoms with E-state index < -0.39 is 0 Å². The molecule has 1 heterocycles. The van der Waals surface area contributed by atoms with Gasteiger partial charge >= 0.3 is 5.97 Å². The van der Waals surface area contributed by atoms with Gasteiger partial charge in [-0.1, -0.05) is 5.92 Å². The fraction of sp³-hybridized carbons (Fsp3) is 0.500. The summed E-state index contributed by atoms with van der Waals surface area (Å²) in [6, 6.07) is 0. The third-order valence-corrected chi connectivity index (χ3v) is 1.64. The maximum atomic E-state index is 11.2. The lowest BCUT2D eigenvalue weighted by Crippen LogP contribution is -2.43. The number of guanidine groups is 1. The first-order chi connectivity index (χ1) is 6.24. The predicted octanol–water partition coefficient (Wildman–Crippen LogP) is -0.881. The van der Waals surface area contributed by atoms with E-state index in [-0.39, 0.29) is 30.9 Å². The van der Waals surface area contributed by atoms with Crippen LogP contribution in [0.2, 0.25) is 0 Å². The van der Waals surface area contributed by atoms with Gasteiger partial charge in [0, 0.05) is 6.54 Å². The van der Waals surface area contributed by atoms with E-state index in [1.807, 2.05) is 0 Å². The van der Waals surface area contributed by atoms with Gasteiger partial charge < -0.3 is 15.8 Å². The highest BCUT2D eigenvalue weighted by atomic mass is 35.5. The standard InChI is InChI=1S/C8H11N3O2.ClH/c1-2-3-13-7(12)6-4-10-8(9)11-5-6;/h1,6H,3-5H2,(H3,9,10,11);1H. The van der Waals surface area contributed by atoms with Gasteiger partial charge in [-0.3, -0.25) is 9.79 Å². The second-order valence-electron chi connectivity index (χ2n) is 2.62. The maximum Gasteiger partial charge on any atom is 0.313 e. The van der Waals surface area contributed by atoms with Crippen molar-refractivity contribution in [3.8, 4) is 12.3 Å². The van der Waals surface area contributed by atoms with Gasteiger partial charge in [0.1, 0.15) is 0 Å². The molecule has 1 atom stereocenters. The Balaban J connectivity index is 0.00000169. The Hall–Kier alpha value is -1.41. The van der Waals surface area contributed by atoms with Crippen molar-refractivity contribution in [2.75, 3.05) is 19.7 Å². The van der Waals surface area contributed by atoms with Crippen molar-refractivity contribution in [2.24, 2.45) is 16.6 Å². The van der Waals surface area contributed by atoms with Crippen LogP contribution in [-0.2, 0) is 9.53 Å². The van der Waals surface area contributed by atoms with E-state index in [0.29, 0.717) is 19.0 Å². The summed E-state index contributed by atoms with van der Waals surface area (Å²) in [7, 11) is 0. The third kappa shape index (κ3) is 3.54. The minimum atomic E-state index is -0.332. The Morgan fingerprint density at radius 2 is 2.57 bits per heavy atom. The molecule has 0 spiro atoms. The van der Waals surface area contributed by atoms with Gasteiger partial charge in [0.15, 0.2) is 12.6 Å². The molecule has 0 radical (unpaired) electrons. The highest BCUT2D eigenvalue weighted by molar-refractivity contribution is 5.85. The Labute approximate surface area is 88.5 Å². The fourth-order valence-corrected chi connectivity index (χ4v) is 0.945. The van der Waals surface area contributed by atoms with Gasteiger partial charge in [0.2, 0.25) is 0 Å². The van der Waals surface area contributed by atoms with Crippen molar-refractivity contribution in [1.29, 1.82) is 0 Å². The lowest BCUT2D eigenvalue weighted by atomic mass is 10.1. The molecule has 0 saturated heterocycles. The van der Waals surface area contributed by atoms with E-state index in [2.05, 4.69) is 16.2 Å². The molecular formula is C8H12ClN3O2. The molecule has 0 amide bonds. The number of terminal acetylenes is 1. The van der Waals surface area contributed by atoms with Crippen LogP contribution in [0.15, 0.2) is 4.99 Å². The highest BCUT2D eigenvalue weighted by Gasteiger charge is 2.22. The number of carbonyl (C=O) groups is 1. The summed E-state index contributed by atoms with van der Waals surface area (Å²) in [5.74, 6) is 1.98. The molecule has 5 nitrogen and oxygen atoms in total. The summed E-state index contributed by atoms with van der Waals surface area (Å²) in [4.78, 5) is 15.1. The van der Waals surface area contributed by atoms with Crippen molar-refractivity contribution < 1.29 is 9.53 Å². The summed E-state index contributed by atoms with van der Waals surface area (Å²) in [5, 5.41) is 2.76. The van der Waals surface area contributed by atoms with Gasteiger partial charge in [0.25, 0.3) is 0 Å². The number of nitrogens with zero attached hydrogens (tertiary/aromatic N) is 1. The van der Waals surface area contributed by atoms with Crippen LogP contribution in [0, 0.1) is 18.3 Å². The minimum absolute atomic E-state index is 0. The third-order valence-electron chi connectivity index (χ3n) is 1.64. The Morgan fingerprint density at radius 3 is 3.07 bits per heavy atom. The van der Waals surface area contributed by atoms with Crippen LogP contribution in [0.25, 0.3) is 0 Å². The normalized spacial score (nSPS) is 19.4. The first kappa shape index (κ1) is 12.6. The van der Waals surface area contributed by atoms with Gasteiger partial charge in [-0.15, -0.1) is 18.8 Å². The molecule has 1 unspecified atom stereocenters. The van der Waals surface area contributed by atoms with Crippen LogP contribution in [0.1, 0.15) is 0 Å². The topological polar surface area (TPSA) is 76.7 Å². The number of ether oxygens (including phenoxy) is 1. The van der Waals surface area contributed by atoms with Crippen molar-refractivity contribution in [2.45, 2.75) is 0 Å². The molecule has 1 aliphatic rings. The molecule has 0 aromatic heterocycles. The van der Waals surface area contributed by atoms with E-state index in [4.69, 9.17) is 16.9 Å². The summed E-state index contributed by atoms with van der Waals surface area (Å²) in [5.41, 5.74) is 5.35. The number of hydrogen-bond donors (Lipinski definition) is 2. The number of hydrogen-bond acceptors (Lipinski definition) is 5. The van der Waals surface area contributed by atoms with Crippen LogP contribution in [0.3, 0.4) is 0 Å². The minimum Gasteiger partial charge on any atom is -0.452 e. The van der Waals surface area contributed by atoms with Crippen LogP contribution < -0.4 is 11.1 Å². The quantitative estimate of drug-likeness (QED) is 0.465. The first-order valence-electron chi connectivity index (χ1n) is 3.88. The highest BCUT2D eigenvalue weighted by Crippen LogP contribution is 2.02. The summed E-state index contributed by atoms with van der Waals surface area (Å²) < 4.78 is 4.74. The van der Waals surface area contributed by atoms with Gasteiger partial charge in [0.05, 0.1) is 12.5 Å². The van der Waals surface area contributed by atoms with E-state index in [1.165, 1.54) is 0 Å². The van der Waals surface area contributed by atoms with Crippen molar-refractivity contribution in [3.05, 3.63) is 0 Å². The van der Waals surface area contributed by atoms with Crippen molar-refractivity contribution in [3.63, 3.8) is 0 Å². The average Bonchev–Trinajstić information content (AvgIpc) is 2.15. The number of carbonyl (C=O) groups excluding carboxylic acids is 1. The molecule has 1 aliphatic heterocycles. The zero-order valence-corrected chi connectivity index (χ0v) is 8.34. The lowest BCUT2D eigenvalue weighted by molar-refractivity contribution is -0.146. The molecule has 0 aromatic rings. The number of rotatable bonds is 2. The monoisotopic (exact) mass is 217 g/mol. The number of halogens is 1. The smallest absolute Gasteiger partial charge is 0.313 e. The van der Waals surface area contributed by atoms with Crippen molar-refractivity contribution in [1.82, 2.24) is 5.32 Å². The van der Waals surface area contributed by atoms with Crippen LogP contribution >= 0.6 is 12.4 Å². The molecule has 0 saturated carbocycles. The van der Waals surface area contributed by atoms with Gasteiger partial charge in [-0.25, -0.2) is 0 Å². The zero-order chi connectivity index (χ0) is 9.68. The summed E-state index contributed by atoms with van der Waals surface area (Å²) in [6.45, 7) is 0.829. The van der Waals surface area contributed by atoms with Crippen LogP contribution in [0.5, 0.6) is 0 Å². The van der Waals surface area contributed by atoms with E-state index >= 15 is 0 Å². The number of aliphatic imine (C=N–C) groups is 1. The number of esters is 1. The maximum absolute atomic E-state index is 11.2.